The van der Waals surface area contributed by atoms with Crippen LogP contribution in [0.15, 0.2) is 46.6 Å². The van der Waals surface area contributed by atoms with E-state index in [2.05, 4.69) is 18.1 Å². The van der Waals surface area contributed by atoms with Gasteiger partial charge in [0.25, 0.3) is 0 Å². The van der Waals surface area contributed by atoms with Crippen LogP contribution in [0.5, 0.6) is 17.2 Å². The summed E-state index contributed by atoms with van der Waals surface area (Å²) in [5.74, 6) is 3.79. The van der Waals surface area contributed by atoms with Crippen molar-refractivity contribution in [3.63, 3.8) is 0 Å². The van der Waals surface area contributed by atoms with Gasteiger partial charge in [-0.2, -0.15) is 10.2 Å². The smallest absolute Gasteiger partial charge is 0.161 e. The lowest BCUT2D eigenvalue weighted by molar-refractivity contribution is 0.0955. The molecule has 4 atom stereocenters. The maximum absolute atomic E-state index is 9.89. The fourth-order valence-electron chi connectivity index (χ4n) is 6.62. The number of rotatable bonds is 4. The number of nitrogens with zero attached hydrogens (tertiary/aromatic N) is 2. The molecule has 0 amide bonds. The van der Waals surface area contributed by atoms with Gasteiger partial charge in [-0.1, -0.05) is 13.0 Å². The summed E-state index contributed by atoms with van der Waals surface area (Å²) >= 11 is 0. The Kier molecular flexibility index (Phi) is 5.44. The lowest BCUT2D eigenvalue weighted by Gasteiger charge is -2.49. The molecule has 2 aromatic rings. The van der Waals surface area contributed by atoms with Crippen LogP contribution in [0.1, 0.15) is 61.6 Å². The van der Waals surface area contributed by atoms with Gasteiger partial charge in [-0.15, -0.1) is 0 Å². The SMILES string of the molecule is COc1ccc(/C=N\N=C2\CC[C@@H]3[C@@H]4CCc5cc(O)ccc5[C@@H]4CC[C@]23C)cc1OC. The fourth-order valence-corrected chi connectivity index (χ4v) is 6.62. The normalized spacial score (nSPS) is 30.1. The van der Waals surface area contributed by atoms with E-state index in [0.717, 1.165) is 24.8 Å². The maximum atomic E-state index is 9.89. The molecule has 0 spiro atoms. The molecule has 3 aliphatic rings. The molecule has 2 aromatic carbocycles. The summed E-state index contributed by atoms with van der Waals surface area (Å²) in [4.78, 5) is 0. The number of hydrogen-bond donors (Lipinski definition) is 1. The Balaban J connectivity index is 1.35. The average molecular weight is 433 g/mol. The van der Waals surface area contributed by atoms with Crippen LogP contribution >= 0.6 is 0 Å². The Morgan fingerprint density at radius 1 is 1.00 bits per heavy atom. The highest BCUT2D eigenvalue weighted by Gasteiger charge is 2.53. The highest BCUT2D eigenvalue weighted by atomic mass is 16.5. The van der Waals surface area contributed by atoms with Crippen molar-refractivity contribution in [3.05, 3.63) is 53.1 Å². The van der Waals surface area contributed by atoms with Crippen molar-refractivity contribution in [3.8, 4) is 17.2 Å². The number of phenolic OH excluding ortho intramolecular Hbond substituents is 1. The van der Waals surface area contributed by atoms with Crippen LogP contribution in [-0.2, 0) is 6.42 Å². The molecular weight excluding hydrogens is 400 g/mol. The number of phenols is 1. The van der Waals surface area contributed by atoms with E-state index in [1.165, 1.54) is 36.1 Å². The third-order valence-electron chi connectivity index (χ3n) is 8.24. The summed E-state index contributed by atoms with van der Waals surface area (Å²) in [6.45, 7) is 2.41. The first-order valence-electron chi connectivity index (χ1n) is 11.7. The Bertz CT molecular complexity index is 1080. The zero-order chi connectivity index (χ0) is 22.3. The van der Waals surface area contributed by atoms with Crippen LogP contribution in [0.2, 0.25) is 0 Å². The number of fused-ring (bicyclic) bond motifs is 5. The van der Waals surface area contributed by atoms with Gasteiger partial charge >= 0.3 is 0 Å². The lowest BCUT2D eigenvalue weighted by Crippen LogP contribution is -2.42. The van der Waals surface area contributed by atoms with Gasteiger partial charge in [-0.05, 0) is 103 Å². The second-order valence-corrected chi connectivity index (χ2v) is 9.70. The van der Waals surface area contributed by atoms with Crippen LogP contribution in [0, 0.1) is 17.3 Å². The average Bonchev–Trinajstić information content (AvgIpc) is 3.15. The molecule has 0 aromatic heterocycles. The summed E-state index contributed by atoms with van der Waals surface area (Å²) in [6.07, 6.45) is 8.68. The van der Waals surface area contributed by atoms with Gasteiger partial charge in [-0.25, -0.2) is 0 Å². The molecule has 32 heavy (non-hydrogen) atoms. The van der Waals surface area contributed by atoms with Crippen molar-refractivity contribution in [1.82, 2.24) is 0 Å². The first-order chi connectivity index (χ1) is 15.5. The minimum Gasteiger partial charge on any atom is -0.508 e. The van der Waals surface area contributed by atoms with Crippen molar-refractivity contribution >= 4 is 11.9 Å². The summed E-state index contributed by atoms with van der Waals surface area (Å²) in [5.41, 5.74) is 5.17. The van der Waals surface area contributed by atoms with Gasteiger partial charge in [-0.3, -0.25) is 0 Å². The third kappa shape index (κ3) is 3.48. The zero-order valence-electron chi connectivity index (χ0n) is 19.2. The molecule has 5 rings (SSSR count). The Morgan fingerprint density at radius 2 is 1.84 bits per heavy atom. The summed E-state index contributed by atoms with van der Waals surface area (Å²) in [6, 6.07) is 11.8. The van der Waals surface area contributed by atoms with E-state index in [1.54, 1.807) is 20.4 Å². The van der Waals surface area contributed by atoms with Crippen molar-refractivity contribution in [1.29, 1.82) is 0 Å². The molecule has 0 aliphatic heterocycles. The molecule has 2 fully saturated rings. The first kappa shape index (κ1) is 21.0. The number of ether oxygens (including phenoxy) is 2. The molecular formula is C27H32N2O3. The minimum atomic E-state index is 0.143. The van der Waals surface area contributed by atoms with E-state index in [-0.39, 0.29) is 5.41 Å². The highest BCUT2D eigenvalue weighted by Crippen LogP contribution is 2.60. The van der Waals surface area contributed by atoms with Crippen molar-refractivity contribution in [2.24, 2.45) is 27.5 Å². The van der Waals surface area contributed by atoms with Gasteiger partial charge in [0.1, 0.15) is 5.75 Å². The van der Waals surface area contributed by atoms with Crippen LogP contribution in [-0.4, -0.2) is 31.3 Å². The van der Waals surface area contributed by atoms with Crippen LogP contribution < -0.4 is 9.47 Å². The fraction of sp³-hybridized carbons (Fsp3) is 0.481. The zero-order valence-corrected chi connectivity index (χ0v) is 19.2. The summed E-state index contributed by atoms with van der Waals surface area (Å²) < 4.78 is 10.7. The number of methoxy groups -OCH3 is 2. The predicted octanol–water partition coefficient (Wildman–Crippen LogP) is 5.74. The molecule has 1 N–H and O–H groups in total. The van der Waals surface area contributed by atoms with Crippen molar-refractivity contribution < 1.29 is 14.6 Å². The van der Waals surface area contributed by atoms with Gasteiger partial charge in [0.15, 0.2) is 11.5 Å². The molecule has 0 saturated heterocycles. The van der Waals surface area contributed by atoms with Gasteiger partial charge in [0.05, 0.1) is 20.4 Å². The number of hydrogen-bond acceptors (Lipinski definition) is 5. The van der Waals surface area contributed by atoms with E-state index in [1.807, 2.05) is 30.3 Å². The van der Waals surface area contributed by atoms with E-state index in [4.69, 9.17) is 14.6 Å². The third-order valence-corrected chi connectivity index (χ3v) is 8.24. The minimum absolute atomic E-state index is 0.143. The molecule has 0 heterocycles. The Labute approximate surface area is 190 Å². The second kappa shape index (κ2) is 8.27. The molecule has 0 radical (unpaired) electrons. The van der Waals surface area contributed by atoms with E-state index < -0.39 is 0 Å². The summed E-state index contributed by atoms with van der Waals surface area (Å²) in [5, 5.41) is 19.1. The van der Waals surface area contributed by atoms with E-state index in [0.29, 0.717) is 35.0 Å². The molecule has 0 unspecified atom stereocenters. The molecule has 3 aliphatic carbocycles. The molecule has 2 saturated carbocycles. The maximum Gasteiger partial charge on any atom is 0.161 e. The largest absolute Gasteiger partial charge is 0.508 e. The quantitative estimate of drug-likeness (QED) is 0.495. The van der Waals surface area contributed by atoms with Gasteiger partial charge in [0, 0.05) is 11.1 Å². The lowest BCUT2D eigenvalue weighted by atomic mass is 9.55. The topological polar surface area (TPSA) is 63.4 Å². The molecule has 0 bridgehead atoms. The first-order valence-corrected chi connectivity index (χ1v) is 11.7. The Hall–Kier alpha value is -2.82. The summed E-state index contributed by atoms with van der Waals surface area (Å²) in [7, 11) is 3.28. The van der Waals surface area contributed by atoms with Gasteiger partial charge < -0.3 is 14.6 Å². The van der Waals surface area contributed by atoms with E-state index >= 15 is 0 Å². The van der Waals surface area contributed by atoms with Crippen LogP contribution in [0.25, 0.3) is 0 Å². The van der Waals surface area contributed by atoms with E-state index in [9.17, 15) is 5.11 Å². The standard InChI is InChI=1S/C27H32N2O3/c1-27-13-12-21-20-8-6-19(30)15-18(20)5-7-22(21)23(27)9-11-26(27)29-28-16-17-4-10-24(31-2)25(14-17)32-3/h4,6,8,10,14-16,21-23,30H,5,7,9,11-13H2,1-3H3/b28-16-,29-26-/t21-,22+,23+,27-/m0/s1. The second-order valence-electron chi connectivity index (χ2n) is 9.70. The van der Waals surface area contributed by atoms with Crippen LogP contribution in [0.3, 0.4) is 0 Å². The number of aromatic hydroxyl groups is 1. The predicted molar refractivity (Wildman–Crippen MR) is 127 cm³/mol. The van der Waals surface area contributed by atoms with Crippen molar-refractivity contribution in [2.45, 2.75) is 51.4 Å². The monoisotopic (exact) mass is 432 g/mol. The highest BCUT2D eigenvalue weighted by molar-refractivity contribution is 5.93. The van der Waals surface area contributed by atoms with Gasteiger partial charge in [0.2, 0.25) is 0 Å². The Morgan fingerprint density at radius 3 is 2.66 bits per heavy atom. The molecule has 5 nitrogen and oxygen atoms in total. The van der Waals surface area contributed by atoms with Crippen LogP contribution in [0.4, 0.5) is 0 Å². The van der Waals surface area contributed by atoms with Crippen molar-refractivity contribution in [2.75, 3.05) is 14.2 Å². The molecule has 168 valence electrons. The molecule has 5 heteroatoms. The number of benzene rings is 2. The number of aryl methyl sites for hydroxylation is 1.